The zero-order chi connectivity index (χ0) is 43.0. The van der Waals surface area contributed by atoms with Gasteiger partial charge < -0.3 is 14.6 Å². The fraction of sp³-hybridized carbons (Fsp3) is 0.102. The standard InChI is InChI=1S/C42H37N3O7S.C7H8/c1-6-13-31(7-2)51-40(47)43-30-20-23-37(36(26-30)44-41(48)52-32-14-9-8-10-15-32)45-42(33-21-18-27(3)24-29(33)5,34-22-19-28(4)25-38(34)46)35-16-11-12-17-39(35)53(45,49)50;1-7-5-3-2-4-6-7/h6-26,46H,1-2H2,3-5H3,(H,43,47)(H,44,48);2-6H,1H3/b31-13+;. The normalized spacial score (nSPS) is 15.1. The number of carbonyl (C=O) groups excluding carboxylic acids is 2. The fourth-order valence-corrected chi connectivity index (χ4v) is 9.19. The van der Waals surface area contributed by atoms with Crippen molar-refractivity contribution in [1.29, 1.82) is 0 Å². The number of anilines is 3. The Morgan fingerprint density at radius 2 is 1.32 bits per heavy atom. The van der Waals surface area contributed by atoms with Crippen LogP contribution in [0.5, 0.6) is 11.5 Å². The molecular formula is C49H45N3O7S. The summed E-state index contributed by atoms with van der Waals surface area (Å²) in [5.74, 6) is 0.244. The van der Waals surface area contributed by atoms with Gasteiger partial charge in [0.25, 0.3) is 10.0 Å². The second-order valence-corrected chi connectivity index (χ2v) is 15.8. The summed E-state index contributed by atoms with van der Waals surface area (Å²) in [6.45, 7) is 15.0. The predicted octanol–water partition coefficient (Wildman–Crippen LogP) is 11.2. The third-order valence-corrected chi connectivity index (χ3v) is 11.6. The van der Waals surface area contributed by atoms with Gasteiger partial charge in [-0.1, -0.05) is 127 Å². The molecule has 0 aromatic heterocycles. The molecule has 60 heavy (non-hydrogen) atoms. The van der Waals surface area contributed by atoms with Gasteiger partial charge in [0.05, 0.1) is 16.3 Å². The summed E-state index contributed by atoms with van der Waals surface area (Å²) in [6, 6.07) is 40.4. The van der Waals surface area contributed by atoms with Crippen LogP contribution in [0.2, 0.25) is 0 Å². The Labute approximate surface area is 350 Å². The van der Waals surface area contributed by atoms with E-state index in [1.807, 2.05) is 57.2 Å². The number of phenols is 1. The number of aryl methyl sites for hydroxylation is 4. The van der Waals surface area contributed by atoms with Crippen LogP contribution in [0.4, 0.5) is 26.7 Å². The first-order chi connectivity index (χ1) is 28.8. The first kappa shape index (κ1) is 42.2. The third kappa shape index (κ3) is 8.71. The van der Waals surface area contributed by atoms with E-state index in [1.54, 1.807) is 66.7 Å². The number of aromatic hydroxyl groups is 1. The number of hydrogen-bond donors (Lipinski definition) is 3. The van der Waals surface area contributed by atoms with Crippen molar-refractivity contribution in [2.45, 2.75) is 38.1 Å². The van der Waals surface area contributed by atoms with Gasteiger partial charge in [0.15, 0.2) is 0 Å². The van der Waals surface area contributed by atoms with E-state index in [4.69, 9.17) is 9.47 Å². The zero-order valence-corrected chi connectivity index (χ0v) is 34.5. The number of fused-ring (bicyclic) bond motifs is 1. The molecule has 7 rings (SSSR count). The lowest BCUT2D eigenvalue weighted by Gasteiger charge is -2.42. The monoisotopic (exact) mass is 819 g/mol. The van der Waals surface area contributed by atoms with Crippen molar-refractivity contribution in [3.8, 4) is 11.5 Å². The summed E-state index contributed by atoms with van der Waals surface area (Å²) in [6.07, 6.45) is 2.41. The Hall–Kier alpha value is -7.37. The molecule has 6 aromatic rings. The molecule has 1 unspecified atom stereocenters. The van der Waals surface area contributed by atoms with Crippen LogP contribution in [-0.4, -0.2) is 25.7 Å². The summed E-state index contributed by atoms with van der Waals surface area (Å²) in [4.78, 5) is 26.5. The highest BCUT2D eigenvalue weighted by molar-refractivity contribution is 7.93. The van der Waals surface area contributed by atoms with Crippen LogP contribution in [0.1, 0.15) is 38.9 Å². The lowest BCUT2D eigenvalue weighted by Crippen LogP contribution is -2.47. The number of hydrogen-bond acceptors (Lipinski definition) is 7. The molecule has 6 aromatic carbocycles. The van der Waals surface area contributed by atoms with Crippen LogP contribution in [0.3, 0.4) is 0 Å². The van der Waals surface area contributed by atoms with Gasteiger partial charge in [0.2, 0.25) is 0 Å². The Morgan fingerprint density at radius 3 is 1.93 bits per heavy atom. The van der Waals surface area contributed by atoms with Crippen LogP contribution in [0, 0.1) is 27.7 Å². The highest BCUT2D eigenvalue weighted by Crippen LogP contribution is 2.58. The minimum absolute atomic E-state index is 0.00880. The minimum Gasteiger partial charge on any atom is -0.508 e. The number of amides is 2. The van der Waals surface area contributed by atoms with Crippen molar-refractivity contribution in [2.75, 3.05) is 14.9 Å². The SMILES string of the molecule is C=C/C=C(\C=C)OC(=O)Nc1ccc(N2C(c3ccc(C)cc3C)(c3ccc(C)cc3O)c3ccccc3S2(=O)=O)c(NC(=O)Oc2ccccc2)c1.Cc1ccccc1. The molecule has 304 valence electrons. The number of nitrogens with zero attached hydrogens (tertiary/aromatic N) is 1. The van der Waals surface area contributed by atoms with E-state index in [1.165, 1.54) is 52.4 Å². The molecule has 0 radical (unpaired) electrons. The number of para-hydroxylation sites is 1. The summed E-state index contributed by atoms with van der Waals surface area (Å²) < 4.78 is 42.3. The Bertz CT molecular complexity index is 2660. The molecule has 3 N–H and O–H groups in total. The largest absolute Gasteiger partial charge is 0.508 e. The number of phenolic OH excluding ortho intramolecular Hbond substituents is 1. The van der Waals surface area contributed by atoms with Crippen molar-refractivity contribution in [3.05, 3.63) is 216 Å². The van der Waals surface area contributed by atoms with Gasteiger partial charge in [-0.2, -0.15) is 0 Å². The van der Waals surface area contributed by atoms with Crippen molar-refractivity contribution in [3.63, 3.8) is 0 Å². The van der Waals surface area contributed by atoms with Crippen molar-refractivity contribution >= 4 is 39.3 Å². The molecule has 0 saturated heterocycles. The summed E-state index contributed by atoms with van der Waals surface area (Å²) in [5, 5.41) is 17.1. The van der Waals surface area contributed by atoms with Gasteiger partial charge in [0, 0.05) is 16.8 Å². The van der Waals surface area contributed by atoms with E-state index in [-0.39, 0.29) is 44.8 Å². The van der Waals surface area contributed by atoms with Gasteiger partial charge in [-0.15, -0.1) is 0 Å². The molecular weight excluding hydrogens is 775 g/mol. The molecule has 2 amide bonds. The summed E-state index contributed by atoms with van der Waals surface area (Å²) >= 11 is 0. The fourth-order valence-electron chi connectivity index (χ4n) is 7.18. The first-order valence-electron chi connectivity index (χ1n) is 19.0. The van der Waals surface area contributed by atoms with E-state index >= 15 is 8.42 Å². The third-order valence-electron chi connectivity index (χ3n) is 9.70. The average Bonchev–Trinajstić information content (AvgIpc) is 3.42. The van der Waals surface area contributed by atoms with Crippen LogP contribution in [0.25, 0.3) is 0 Å². The summed E-state index contributed by atoms with van der Waals surface area (Å²) in [7, 11) is -4.45. The molecule has 11 heteroatoms. The number of sulfonamides is 1. The van der Waals surface area contributed by atoms with Gasteiger partial charge >= 0.3 is 12.2 Å². The number of rotatable bonds is 9. The van der Waals surface area contributed by atoms with Gasteiger partial charge in [-0.05, 0) is 99.0 Å². The van der Waals surface area contributed by atoms with Crippen molar-refractivity contribution in [1.82, 2.24) is 0 Å². The highest BCUT2D eigenvalue weighted by atomic mass is 32.2. The molecule has 1 heterocycles. The number of nitrogens with one attached hydrogen (secondary N) is 2. The second-order valence-electron chi connectivity index (χ2n) is 14.1. The number of allylic oxidation sites excluding steroid dienone is 3. The Kier molecular flexibility index (Phi) is 12.7. The van der Waals surface area contributed by atoms with Crippen LogP contribution in [-0.2, 0) is 20.3 Å². The lowest BCUT2D eigenvalue weighted by molar-refractivity contribution is 0.195. The van der Waals surface area contributed by atoms with Crippen molar-refractivity contribution < 1.29 is 32.6 Å². The molecule has 0 fully saturated rings. The van der Waals surface area contributed by atoms with Crippen LogP contribution >= 0.6 is 0 Å². The zero-order valence-electron chi connectivity index (χ0n) is 33.7. The average molecular weight is 820 g/mol. The molecule has 1 atom stereocenters. The van der Waals surface area contributed by atoms with Gasteiger partial charge in [-0.25, -0.2) is 22.3 Å². The quantitative estimate of drug-likeness (QED) is 0.0976. The molecule has 10 nitrogen and oxygen atoms in total. The smallest absolute Gasteiger partial charge is 0.417 e. The van der Waals surface area contributed by atoms with Crippen LogP contribution < -0.4 is 19.7 Å². The number of carbonyl (C=O) groups is 2. The maximum atomic E-state index is 15.1. The number of benzene rings is 6. The summed E-state index contributed by atoms with van der Waals surface area (Å²) in [5.41, 5.74) is 3.49. The van der Waals surface area contributed by atoms with Gasteiger partial charge in [0.1, 0.15) is 22.8 Å². The van der Waals surface area contributed by atoms with E-state index in [0.29, 0.717) is 11.1 Å². The Morgan fingerprint density at radius 1 is 0.683 bits per heavy atom. The predicted molar refractivity (Wildman–Crippen MR) is 237 cm³/mol. The van der Waals surface area contributed by atoms with E-state index < -0.39 is 27.7 Å². The van der Waals surface area contributed by atoms with Crippen LogP contribution in [0.15, 0.2) is 182 Å². The Balaban J connectivity index is 0.000000782. The molecule has 0 saturated carbocycles. The molecule has 0 aliphatic carbocycles. The molecule has 1 aliphatic rings. The van der Waals surface area contributed by atoms with E-state index in [0.717, 1.165) is 16.7 Å². The highest BCUT2D eigenvalue weighted by Gasteiger charge is 2.58. The van der Waals surface area contributed by atoms with Gasteiger partial charge in [-0.3, -0.25) is 10.6 Å². The van der Waals surface area contributed by atoms with E-state index in [2.05, 4.69) is 42.8 Å². The van der Waals surface area contributed by atoms with E-state index in [9.17, 15) is 14.7 Å². The number of ether oxygens (including phenoxy) is 2. The molecule has 1 aliphatic heterocycles. The second kappa shape index (κ2) is 18.0. The topological polar surface area (TPSA) is 134 Å². The maximum Gasteiger partial charge on any atom is 0.417 e. The first-order valence-corrected chi connectivity index (χ1v) is 20.4. The lowest BCUT2D eigenvalue weighted by atomic mass is 9.74. The maximum absolute atomic E-state index is 15.1. The van der Waals surface area contributed by atoms with Crippen molar-refractivity contribution in [2.24, 2.45) is 0 Å². The molecule has 0 spiro atoms. The minimum atomic E-state index is -4.45. The molecule has 0 bridgehead atoms.